The molecular weight excluding hydrogens is 224 g/mol. The lowest BCUT2D eigenvalue weighted by Gasteiger charge is -2.35. The van der Waals surface area contributed by atoms with E-state index in [1.807, 2.05) is 0 Å². The quantitative estimate of drug-likeness (QED) is 0.314. The molecule has 0 fully saturated rings. The molecule has 6 heteroatoms. The number of nitrogens with zero attached hydrogens (tertiary/aromatic N) is 1. The minimum Gasteiger partial charge on any atom is -0.395 e. The molecule has 0 radical (unpaired) electrons. The average Bonchev–Trinajstić information content (AvgIpc) is 2.15. The van der Waals surface area contributed by atoms with E-state index in [9.17, 15) is 15.3 Å². The molecule has 0 rings (SSSR count). The Morgan fingerprint density at radius 3 is 1.76 bits per heavy atom. The number of nitrogens with one attached hydrogen (secondary N) is 1. The van der Waals surface area contributed by atoms with E-state index >= 15 is 0 Å². The van der Waals surface area contributed by atoms with Gasteiger partial charge < -0.3 is 20.4 Å². The van der Waals surface area contributed by atoms with E-state index in [1.54, 1.807) is 25.7 Å². The van der Waals surface area contributed by atoms with Gasteiger partial charge in [-0.1, -0.05) is 0 Å². The Morgan fingerprint density at radius 2 is 1.47 bits per heavy atom. The van der Waals surface area contributed by atoms with E-state index in [2.05, 4.69) is 5.32 Å². The van der Waals surface area contributed by atoms with Gasteiger partial charge in [0, 0.05) is 19.6 Å². The smallest absolute Gasteiger partial charge is 0.0864 e. The molecule has 6 nitrogen and oxygen atoms in total. The Labute approximate surface area is 103 Å². The minimum atomic E-state index is -0.668. The Bertz CT molecular complexity index is 178. The summed E-state index contributed by atoms with van der Waals surface area (Å²) in [5.41, 5.74) is 0. The molecule has 0 aliphatic heterocycles. The van der Waals surface area contributed by atoms with Crippen LogP contribution in [0.2, 0.25) is 0 Å². The fourth-order valence-corrected chi connectivity index (χ4v) is 1.80. The number of aliphatic hydroxyl groups is 4. The zero-order valence-corrected chi connectivity index (χ0v) is 10.9. The van der Waals surface area contributed by atoms with Gasteiger partial charge in [-0.05, 0) is 20.8 Å². The van der Waals surface area contributed by atoms with Crippen LogP contribution >= 0.6 is 0 Å². The third kappa shape index (κ3) is 7.64. The fourth-order valence-electron chi connectivity index (χ4n) is 1.80. The summed E-state index contributed by atoms with van der Waals surface area (Å²) < 4.78 is 0. The third-order valence-electron chi connectivity index (χ3n) is 2.31. The second kappa shape index (κ2) is 8.79. The molecule has 0 amide bonds. The summed E-state index contributed by atoms with van der Waals surface area (Å²) >= 11 is 0. The first-order valence-electron chi connectivity index (χ1n) is 6.01. The Balaban J connectivity index is 4.54. The predicted molar refractivity (Wildman–Crippen MR) is 65.5 cm³/mol. The molecule has 0 bridgehead atoms. The molecule has 0 aliphatic carbocycles. The summed E-state index contributed by atoms with van der Waals surface area (Å²) in [6.07, 6.45) is -2.16. The Hall–Kier alpha value is -0.240. The molecule has 0 heterocycles. The van der Waals surface area contributed by atoms with Crippen LogP contribution < -0.4 is 5.32 Å². The molecule has 0 saturated heterocycles. The van der Waals surface area contributed by atoms with Crippen molar-refractivity contribution >= 4 is 0 Å². The van der Waals surface area contributed by atoms with Crippen molar-refractivity contribution in [1.29, 1.82) is 0 Å². The lowest BCUT2D eigenvalue weighted by molar-refractivity contribution is -0.00632. The summed E-state index contributed by atoms with van der Waals surface area (Å²) in [6, 6.07) is 0. The van der Waals surface area contributed by atoms with Crippen LogP contribution in [-0.2, 0) is 0 Å². The van der Waals surface area contributed by atoms with Crippen molar-refractivity contribution in [1.82, 2.24) is 10.2 Å². The maximum atomic E-state index is 9.69. The molecule has 0 aromatic carbocycles. The van der Waals surface area contributed by atoms with Crippen LogP contribution in [0, 0.1) is 0 Å². The molecule has 0 saturated carbocycles. The largest absolute Gasteiger partial charge is 0.395 e. The summed E-state index contributed by atoms with van der Waals surface area (Å²) in [5.74, 6) is 0. The lowest BCUT2D eigenvalue weighted by atomic mass is 10.2. The second-order valence-corrected chi connectivity index (χ2v) is 4.52. The van der Waals surface area contributed by atoms with Gasteiger partial charge in [0.2, 0.25) is 0 Å². The Morgan fingerprint density at radius 1 is 1.00 bits per heavy atom. The molecule has 5 N–H and O–H groups in total. The topological polar surface area (TPSA) is 96.2 Å². The molecule has 0 aromatic heterocycles. The zero-order valence-electron chi connectivity index (χ0n) is 10.9. The van der Waals surface area contributed by atoms with Gasteiger partial charge in [-0.2, -0.15) is 0 Å². The van der Waals surface area contributed by atoms with Gasteiger partial charge in [-0.25, -0.2) is 0 Å². The first-order chi connectivity index (χ1) is 7.88. The van der Waals surface area contributed by atoms with Crippen molar-refractivity contribution in [3.8, 4) is 0 Å². The number of hydrogen-bond acceptors (Lipinski definition) is 6. The highest BCUT2D eigenvalue weighted by molar-refractivity contribution is 4.77. The molecule has 104 valence electrons. The van der Waals surface area contributed by atoms with Gasteiger partial charge >= 0.3 is 0 Å². The van der Waals surface area contributed by atoms with Crippen LogP contribution in [0.4, 0.5) is 0 Å². The first kappa shape index (κ1) is 16.8. The van der Waals surface area contributed by atoms with E-state index in [4.69, 9.17) is 5.11 Å². The zero-order chi connectivity index (χ0) is 13.4. The Kier molecular flexibility index (Phi) is 8.67. The third-order valence-corrected chi connectivity index (χ3v) is 2.31. The predicted octanol–water partition coefficient (Wildman–Crippen LogP) is -1.66. The van der Waals surface area contributed by atoms with Crippen molar-refractivity contribution in [2.45, 2.75) is 45.2 Å². The van der Waals surface area contributed by atoms with Crippen molar-refractivity contribution in [3.05, 3.63) is 0 Å². The molecule has 17 heavy (non-hydrogen) atoms. The van der Waals surface area contributed by atoms with Gasteiger partial charge in [0.1, 0.15) is 0 Å². The monoisotopic (exact) mass is 250 g/mol. The SMILES string of the molecule is CC(O)CN(CC(C)O)C(NCCO)C(C)O. The maximum Gasteiger partial charge on any atom is 0.0864 e. The average molecular weight is 250 g/mol. The van der Waals surface area contributed by atoms with Gasteiger partial charge in [0.25, 0.3) is 0 Å². The molecule has 0 aliphatic rings. The molecule has 0 spiro atoms. The van der Waals surface area contributed by atoms with Crippen LogP contribution in [0.25, 0.3) is 0 Å². The van der Waals surface area contributed by atoms with Crippen LogP contribution in [0.1, 0.15) is 20.8 Å². The molecule has 4 atom stereocenters. The number of hydrogen-bond donors (Lipinski definition) is 5. The second-order valence-electron chi connectivity index (χ2n) is 4.52. The highest BCUT2D eigenvalue weighted by atomic mass is 16.3. The molecular formula is C11H26N2O4. The van der Waals surface area contributed by atoms with E-state index in [0.717, 1.165) is 0 Å². The summed E-state index contributed by atoms with van der Waals surface area (Å²) in [5, 5.41) is 40.3. The van der Waals surface area contributed by atoms with E-state index in [-0.39, 0.29) is 6.61 Å². The summed E-state index contributed by atoms with van der Waals surface area (Å²) in [6.45, 7) is 5.95. The van der Waals surface area contributed by atoms with E-state index in [1.165, 1.54) is 0 Å². The highest BCUT2D eigenvalue weighted by Crippen LogP contribution is 2.05. The van der Waals surface area contributed by atoms with E-state index < -0.39 is 24.5 Å². The van der Waals surface area contributed by atoms with Gasteiger partial charge in [0.15, 0.2) is 0 Å². The fraction of sp³-hybridized carbons (Fsp3) is 1.00. The van der Waals surface area contributed by atoms with Gasteiger partial charge in [-0.15, -0.1) is 0 Å². The van der Waals surface area contributed by atoms with Crippen molar-refractivity contribution in [3.63, 3.8) is 0 Å². The van der Waals surface area contributed by atoms with Crippen molar-refractivity contribution < 1.29 is 20.4 Å². The highest BCUT2D eigenvalue weighted by Gasteiger charge is 2.24. The first-order valence-corrected chi connectivity index (χ1v) is 6.01. The van der Waals surface area contributed by atoms with Gasteiger partial charge in [0.05, 0.1) is 31.1 Å². The van der Waals surface area contributed by atoms with Crippen LogP contribution in [0.3, 0.4) is 0 Å². The van der Waals surface area contributed by atoms with Crippen molar-refractivity contribution in [2.24, 2.45) is 0 Å². The maximum absolute atomic E-state index is 9.69. The standard InChI is InChI=1S/C11H26N2O4/c1-8(15)6-13(7-9(2)16)11(10(3)17)12-4-5-14/h8-12,14-17H,4-7H2,1-3H3. The lowest BCUT2D eigenvalue weighted by Crippen LogP contribution is -2.56. The van der Waals surface area contributed by atoms with E-state index in [0.29, 0.717) is 19.6 Å². The molecule has 4 unspecified atom stereocenters. The minimum absolute atomic E-state index is 0.0274. The summed E-state index contributed by atoms with van der Waals surface area (Å²) in [4.78, 5) is 1.77. The normalized spacial score (nSPS) is 19.1. The number of aliphatic hydroxyl groups excluding tert-OH is 4. The van der Waals surface area contributed by atoms with Gasteiger partial charge in [-0.3, -0.25) is 10.2 Å². The van der Waals surface area contributed by atoms with Crippen LogP contribution in [0.15, 0.2) is 0 Å². The van der Waals surface area contributed by atoms with Crippen LogP contribution in [0.5, 0.6) is 0 Å². The van der Waals surface area contributed by atoms with Crippen molar-refractivity contribution in [2.75, 3.05) is 26.2 Å². The number of rotatable bonds is 9. The van der Waals surface area contributed by atoms with Crippen LogP contribution in [-0.4, -0.2) is 76.0 Å². The summed E-state index contributed by atoms with van der Waals surface area (Å²) in [7, 11) is 0. The molecule has 0 aromatic rings.